The summed E-state index contributed by atoms with van der Waals surface area (Å²) < 4.78 is 10.8. The Labute approximate surface area is 104 Å². The van der Waals surface area contributed by atoms with Crippen LogP contribution in [0.2, 0.25) is 0 Å². The molecule has 1 aliphatic rings. The second-order valence-electron chi connectivity index (χ2n) is 4.91. The molecule has 1 aliphatic carbocycles. The van der Waals surface area contributed by atoms with E-state index in [9.17, 15) is 4.79 Å². The van der Waals surface area contributed by atoms with Gasteiger partial charge < -0.3 is 15.2 Å². The number of ether oxygens (including phenoxy) is 2. The quantitative estimate of drug-likeness (QED) is 0.626. The molecule has 0 spiro atoms. The van der Waals surface area contributed by atoms with E-state index in [2.05, 4.69) is 0 Å². The van der Waals surface area contributed by atoms with E-state index >= 15 is 0 Å². The molecule has 0 amide bonds. The Hall–Kier alpha value is -0.610. The van der Waals surface area contributed by atoms with Crippen LogP contribution in [0.25, 0.3) is 0 Å². The third-order valence-electron chi connectivity index (χ3n) is 3.26. The van der Waals surface area contributed by atoms with Crippen molar-refractivity contribution in [3.63, 3.8) is 0 Å². The van der Waals surface area contributed by atoms with Gasteiger partial charge in [-0.25, -0.2) is 0 Å². The van der Waals surface area contributed by atoms with Crippen molar-refractivity contribution in [1.82, 2.24) is 0 Å². The zero-order chi connectivity index (χ0) is 12.7. The molecule has 0 saturated heterocycles. The predicted molar refractivity (Wildman–Crippen MR) is 66.6 cm³/mol. The molecular weight excluding hydrogens is 218 g/mol. The Kier molecular flexibility index (Phi) is 5.92. The maximum absolute atomic E-state index is 12.0. The Morgan fingerprint density at radius 2 is 2.12 bits per heavy atom. The van der Waals surface area contributed by atoms with Gasteiger partial charge in [-0.05, 0) is 32.1 Å². The Morgan fingerprint density at radius 1 is 1.41 bits per heavy atom. The minimum absolute atomic E-state index is 0.208. The van der Waals surface area contributed by atoms with Gasteiger partial charge in [-0.2, -0.15) is 0 Å². The summed E-state index contributed by atoms with van der Waals surface area (Å²) >= 11 is 0. The van der Waals surface area contributed by atoms with Gasteiger partial charge in [0.2, 0.25) is 0 Å². The standard InChI is InChI=1S/C13H25NO3/c1-3-7-13(9-14,12(15)17-4-2)10-16-8-11-5-6-11/h11H,3-10,14H2,1-2H3. The van der Waals surface area contributed by atoms with Crippen LogP contribution < -0.4 is 5.73 Å². The van der Waals surface area contributed by atoms with Gasteiger partial charge in [-0.3, -0.25) is 4.79 Å². The molecule has 1 atom stereocenters. The van der Waals surface area contributed by atoms with Crippen molar-refractivity contribution < 1.29 is 14.3 Å². The zero-order valence-electron chi connectivity index (χ0n) is 11.0. The van der Waals surface area contributed by atoms with Crippen LogP contribution in [0.4, 0.5) is 0 Å². The summed E-state index contributed by atoms with van der Waals surface area (Å²) in [5.74, 6) is 0.495. The van der Waals surface area contributed by atoms with Crippen LogP contribution in [-0.2, 0) is 14.3 Å². The lowest BCUT2D eigenvalue weighted by Gasteiger charge is -2.29. The maximum Gasteiger partial charge on any atom is 0.315 e. The molecule has 0 aromatic heterocycles. The largest absolute Gasteiger partial charge is 0.465 e. The third-order valence-corrected chi connectivity index (χ3v) is 3.26. The van der Waals surface area contributed by atoms with Crippen LogP contribution in [0, 0.1) is 11.3 Å². The molecule has 0 bridgehead atoms. The Morgan fingerprint density at radius 3 is 2.59 bits per heavy atom. The molecule has 1 rings (SSSR count). The highest BCUT2D eigenvalue weighted by molar-refractivity contribution is 5.77. The lowest BCUT2D eigenvalue weighted by Crippen LogP contribution is -2.44. The first-order chi connectivity index (χ1) is 8.18. The summed E-state index contributed by atoms with van der Waals surface area (Å²) in [4.78, 5) is 12.0. The van der Waals surface area contributed by atoms with Crippen molar-refractivity contribution in [3.05, 3.63) is 0 Å². The van der Waals surface area contributed by atoms with Crippen LogP contribution >= 0.6 is 0 Å². The molecule has 4 heteroatoms. The molecule has 2 N–H and O–H groups in total. The van der Waals surface area contributed by atoms with E-state index in [0.29, 0.717) is 25.7 Å². The highest BCUT2D eigenvalue weighted by Gasteiger charge is 2.38. The molecule has 4 nitrogen and oxygen atoms in total. The lowest BCUT2D eigenvalue weighted by molar-refractivity contribution is -0.159. The fourth-order valence-corrected chi connectivity index (χ4v) is 1.95. The zero-order valence-corrected chi connectivity index (χ0v) is 11.0. The Bertz CT molecular complexity index is 241. The normalized spacial score (nSPS) is 18.8. The number of esters is 1. The molecular formula is C13H25NO3. The molecule has 1 saturated carbocycles. The van der Waals surface area contributed by atoms with Crippen LogP contribution in [-0.4, -0.2) is 32.3 Å². The van der Waals surface area contributed by atoms with Crippen LogP contribution in [0.15, 0.2) is 0 Å². The predicted octanol–water partition coefficient (Wildman–Crippen LogP) is 1.72. The monoisotopic (exact) mass is 243 g/mol. The molecule has 0 heterocycles. The number of hydrogen-bond donors (Lipinski definition) is 1. The van der Waals surface area contributed by atoms with Crippen LogP contribution in [0.3, 0.4) is 0 Å². The van der Waals surface area contributed by atoms with E-state index in [1.54, 1.807) is 0 Å². The van der Waals surface area contributed by atoms with Crippen molar-refractivity contribution >= 4 is 5.97 Å². The van der Waals surface area contributed by atoms with Crippen LogP contribution in [0.5, 0.6) is 0 Å². The second-order valence-corrected chi connectivity index (χ2v) is 4.91. The summed E-state index contributed by atoms with van der Waals surface area (Å²) in [6, 6.07) is 0. The second kappa shape index (κ2) is 6.97. The average Bonchev–Trinajstić information content (AvgIpc) is 3.12. The fourth-order valence-electron chi connectivity index (χ4n) is 1.95. The van der Waals surface area contributed by atoms with Gasteiger partial charge in [0, 0.05) is 13.2 Å². The maximum atomic E-state index is 12.0. The number of nitrogens with two attached hydrogens (primary N) is 1. The van der Waals surface area contributed by atoms with Gasteiger partial charge in [-0.15, -0.1) is 0 Å². The summed E-state index contributed by atoms with van der Waals surface area (Å²) in [5.41, 5.74) is 5.14. The highest BCUT2D eigenvalue weighted by atomic mass is 16.5. The number of carbonyl (C=O) groups excluding carboxylic acids is 1. The van der Waals surface area contributed by atoms with E-state index in [1.807, 2.05) is 13.8 Å². The SMILES string of the molecule is CCCC(CN)(COCC1CC1)C(=O)OCC. The van der Waals surface area contributed by atoms with E-state index < -0.39 is 5.41 Å². The topological polar surface area (TPSA) is 61.5 Å². The fraction of sp³-hybridized carbons (Fsp3) is 0.923. The van der Waals surface area contributed by atoms with Gasteiger partial charge in [0.25, 0.3) is 0 Å². The van der Waals surface area contributed by atoms with Gasteiger partial charge in [0.15, 0.2) is 0 Å². The lowest BCUT2D eigenvalue weighted by atomic mass is 9.84. The van der Waals surface area contributed by atoms with Crippen molar-refractivity contribution in [2.75, 3.05) is 26.4 Å². The molecule has 100 valence electrons. The highest BCUT2D eigenvalue weighted by Crippen LogP contribution is 2.31. The van der Waals surface area contributed by atoms with E-state index in [0.717, 1.165) is 19.4 Å². The molecule has 1 unspecified atom stereocenters. The Balaban J connectivity index is 2.50. The average molecular weight is 243 g/mol. The van der Waals surface area contributed by atoms with Crippen molar-refractivity contribution in [2.45, 2.75) is 39.5 Å². The summed E-state index contributed by atoms with van der Waals surface area (Å²) in [6.45, 7) is 5.70. The molecule has 17 heavy (non-hydrogen) atoms. The third kappa shape index (κ3) is 4.28. The first-order valence-corrected chi connectivity index (χ1v) is 6.63. The molecule has 0 radical (unpaired) electrons. The van der Waals surface area contributed by atoms with Gasteiger partial charge in [0.05, 0.1) is 13.2 Å². The summed E-state index contributed by atoms with van der Waals surface area (Å²) in [7, 11) is 0. The van der Waals surface area contributed by atoms with Gasteiger partial charge in [0.1, 0.15) is 5.41 Å². The molecule has 0 aromatic carbocycles. The van der Waals surface area contributed by atoms with E-state index in [-0.39, 0.29) is 5.97 Å². The van der Waals surface area contributed by atoms with Gasteiger partial charge in [-0.1, -0.05) is 13.3 Å². The number of rotatable bonds is 9. The number of carbonyl (C=O) groups is 1. The van der Waals surface area contributed by atoms with Crippen molar-refractivity contribution in [3.8, 4) is 0 Å². The number of hydrogen-bond acceptors (Lipinski definition) is 4. The molecule has 0 aliphatic heterocycles. The molecule has 0 aromatic rings. The minimum Gasteiger partial charge on any atom is -0.465 e. The van der Waals surface area contributed by atoms with E-state index in [4.69, 9.17) is 15.2 Å². The van der Waals surface area contributed by atoms with Gasteiger partial charge >= 0.3 is 5.97 Å². The first-order valence-electron chi connectivity index (χ1n) is 6.63. The van der Waals surface area contributed by atoms with Crippen LogP contribution in [0.1, 0.15) is 39.5 Å². The van der Waals surface area contributed by atoms with E-state index in [1.165, 1.54) is 12.8 Å². The first kappa shape index (κ1) is 14.5. The smallest absolute Gasteiger partial charge is 0.315 e. The summed E-state index contributed by atoms with van der Waals surface area (Å²) in [6.07, 6.45) is 4.14. The van der Waals surface area contributed by atoms with Crippen molar-refractivity contribution in [2.24, 2.45) is 17.1 Å². The van der Waals surface area contributed by atoms with Crippen molar-refractivity contribution in [1.29, 1.82) is 0 Å². The minimum atomic E-state index is -0.639. The molecule has 1 fully saturated rings. The summed E-state index contributed by atoms with van der Waals surface area (Å²) in [5, 5.41) is 0.